The van der Waals surface area contributed by atoms with E-state index >= 15 is 0 Å². The molecule has 110 valence electrons. The van der Waals surface area contributed by atoms with Crippen LogP contribution in [0.4, 0.5) is 0 Å². The molecule has 1 aliphatic heterocycles. The third kappa shape index (κ3) is 2.04. The largest absolute Gasteiger partial charge is 0.485 e. The molecule has 0 saturated carbocycles. The van der Waals surface area contributed by atoms with Gasteiger partial charge < -0.3 is 9.30 Å². The van der Waals surface area contributed by atoms with Crippen LogP contribution in [0, 0.1) is 13.8 Å². The first kappa shape index (κ1) is 12.9. The molecular weight excluding hydrogens is 278 g/mol. The minimum Gasteiger partial charge on any atom is -0.485 e. The molecule has 1 aliphatic rings. The molecule has 0 amide bonds. The summed E-state index contributed by atoms with van der Waals surface area (Å²) in [5.41, 5.74) is 2.93. The second kappa shape index (κ2) is 4.91. The molecular formula is C16H15N5O. The number of para-hydroxylation sites is 1. The van der Waals surface area contributed by atoms with E-state index in [1.54, 1.807) is 0 Å². The van der Waals surface area contributed by atoms with Crippen LogP contribution in [0.15, 0.2) is 30.5 Å². The average Bonchev–Trinajstić information content (AvgIpc) is 2.80. The zero-order chi connectivity index (χ0) is 15.1. The Balaban J connectivity index is 1.84. The van der Waals surface area contributed by atoms with Gasteiger partial charge in [-0.2, -0.15) is 0 Å². The number of aromatic nitrogens is 5. The average molecular weight is 293 g/mol. The van der Waals surface area contributed by atoms with Gasteiger partial charge in [0.1, 0.15) is 18.2 Å². The van der Waals surface area contributed by atoms with E-state index in [1.165, 1.54) is 0 Å². The molecule has 2 aromatic heterocycles. The van der Waals surface area contributed by atoms with Crippen molar-refractivity contribution in [3.63, 3.8) is 0 Å². The fourth-order valence-corrected chi connectivity index (χ4v) is 2.70. The fourth-order valence-electron chi connectivity index (χ4n) is 2.70. The lowest BCUT2D eigenvalue weighted by Crippen LogP contribution is -2.06. The van der Waals surface area contributed by atoms with E-state index in [1.807, 2.05) is 38.2 Å². The van der Waals surface area contributed by atoms with E-state index in [2.05, 4.69) is 30.8 Å². The standard InChI is InChI=1S/C16H15N5O/c1-10-13(7-17-11(2)18-10)16-20-19-15-9-22-14-6-4-3-5-12(14)8-21(15)16/h3-7H,8-9H2,1-2H3. The van der Waals surface area contributed by atoms with Crippen LogP contribution < -0.4 is 4.74 Å². The SMILES string of the molecule is Cc1ncc(-c2nnc3n2Cc2ccccc2OC3)c(C)n1. The first-order chi connectivity index (χ1) is 10.7. The molecule has 0 radical (unpaired) electrons. The van der Waals surface area contributed by atoms with Gasteiger partial charge in [0, 0.05) is 11.8 Å². The number of aryl methyl sites for hydroxylation is 2. The Morgan fingerprint density at radius 2 is 2.00 bits per heavy atom. The van der Waals surface area contributed by atoms with Crippen molar-refractivity contribution >= 4 is 0 Å². The zero-order valence-corrected chi connectivity index (χ0v) is 12.4. The smallest absolute Gasteiger partial charge is 0.171 e. The van der Waals surface area contributed by atoms with Gasteiger partial charge in [-0.15, -0.1) is 10.2 Å². The number of nitrogens with zero attached hydrogens (tertiary/aromatic N) is 5. The van der Waals surface area contributed by atoms with Crippen LogP contribution in [0.5, 0.6) is 5.75 Å². The molecule has 1 aromatic carbocycles. The van der Waals surface area contributed by atoms with Crippen LogP contribution in [-0.4, -0.2) is 24.7 Å². The van der Waals surface area contributed by atoms with Gasteiger partial charge >= 0.3 is 0 Å². The third-order valence-electron chi connectivity index (χ3n) is 3.83. The van der Waals surface area contributed by atoms with Crippen LogP contribution in [0.25, 0.3) is 11.4 Å². The van der Waals surface area contributed by atoms with Crippen molar-refractivity contribution in [2.45, 2.75) is 27.0 Å². The number of rotatable bonds is 1. The Morgan fingerprint density at radius 1 is 1.14 bits per heavy atom. The van der Waals surface area contributed by atoms with Gasteiger partial charge in [0.05, 0.1) is 17.8 Å². The lowest BCUT2D eigenvalue weighted by atomic mass is 10.2. The molecule has 3 heterocycles. The minimum atomic E-state index is 0.412. The van der Waals surface area contributed by atoms with Crippen LogP contribution in [0.2, 0.25) is 0 Å². The highest BCUT2D eigenvalue weighted by Crippen LogP contribution is 2.28. The molecule has 0 N–H and O–H groups in total. The summed E-state index contributed by atoms with van der Waals surface area (Å²) in [5.74, 6) is 3.25. The van der Waals surface area contributed by atoms with E-state index in [0.29, 0.717) is 13.2 Å². The van der Waals surface area contributed by atoms with E-state index in [4.69, 9.17) is 4.74 Å². The van der Waals surface area contributed by atoms with Crippen molar-refractivity contribution < 1.29 is 4.74 Å². The van der Waals surface area contributed by atoms with Crippen LogP contribution >= 0.6 is 0 Å². The van der Waals surface area contributed by atoms with Gasteiger partial charge in [0.15, 0.2) is 11.6 Å². The van der Waals surface area contributed by atoms with Gasteiger partial charge in [0.25, 0.3) is 0 Å². The van der Waals surface area contributed by atoms with E-state index in [-0.39, 0.29) is 0 Å². The van der Waals surface area contributed by atoms with Crippen LogP contribution in [0.3, 0.4) is 0 Å². The monoisotopic (exact) mass is 293 g/mol. The second-order valence-corrected chi connectivity index (χ2v) is 5.34. The van der Waals surface area contributed by atoms with E-state index < -0.39 is 0 Å². The lowest BCUT2D eigenvalue weighted by molar-refractivity contribution is 0.297. The van der Waals surface area contributed by atoms with Gasteiger partial charge in [-0.3, -0.25) is 0 Å². The van der Waals surface area contributed by atoms with Crippen molar-refractivity contribution in [3.05, 3.63) is 53.4 Å². The molecule has 0 unspecified atom stereocenters. The number of hydrogen-bond donors (Lipinski definition) is 0. The maximum atomic E-state index is 5.82. The van der Waals surface area contributed by atoms with Gasteiger partial charge in [-0.05, 0) is 19.9 Å². The predicted molar refractivity (Wildman–Crippen MR) is 80.4 cm³/mol. The predicted octanol–water partition coefficient (Wildman–Crippen LogP) is 2.29. The Labute approximate surface area is 127 Å². The third-order valence-corrected chi connectivity index (χ3v) is 3.83. The lowest BCUT2D eigenvalue weighted by Gasteiger charge is -2.09. The Kier molecular flexibility index (Phi) is 2.89. The van der Waals surface area contributed by atoms with Crippen LogP contribution in [0.1, 0.15) is 22.9 Å². The summed E-state index contributed by atoms with van der Waals surface area (Å²) < 4.78 is 7.90. The molecule has 4 rings (SSSR count). The summed E-state index contributed by atoms with van der Waals surface area (Å²) in [6, 6.07) is 8.03. The highest BCUT2D eigenvalue weighted by Gasteiger charge is 2.21. The molecule has 6 nitrogen and oxygen atoms in total. The number of benzene rings is 1. The fraction of sp³-hybridized carbons (Fsp3) is 0.250. The highest BCUT2D eigenvalue weighted by molar-refractivity contribution is 5.57. The molecule has 0 fully saturated rings. The maximum absolute atomic E-state index is 5.82. The van der Waals surface area contributed by atoms with Gasteiger partial charge in [-0.1, -0.05) is 18.2 Å². The van der Waals surface area contributed by atoms with Crippen molar-refractivity contribution in [2.24, 2.45) is 0 Å². The number of fused-ring (bicyclic) bond motifs is 2. The Hall–Kier alpha value is -2.76. The van der Waals surface area contributed by atoms with Crippen molar-refractivity contribution in [2.75, 3.05) is 0 Å². The van der Waals surface area contributed by atoms with Crippen molar-refractivity contribution in [1.29, 1.82) is 0 Å². The summed E-state index contributed by atoms with van der Waals surface area (Å²) in [6.45, 7) is 4.94. The minimum absolute atomic E-state index is 0.412. The molecule has 6 heteroatoms. The zero-order valence-electron chi connectivity index (χ0n) is 12.4. The van der Waals surface area contributed by atoms with Crippen molar-refractivity contribution in [1.82, 2.24) is 24.7 Å². The van der Waals surface area contributed by atoms with Gasteiger partial charge in [0.2, 0.25) is 0 Å². The summed E-state index contributed by atoms with van der Waals surface area (Å²) in [4.78, 5) is 8.71. The van der Waals surface area contributed by atoms with Crippen LogP contribution in [-0.2, 0) is 13.2 Å². The second-order valence-electron chi connectivity index (χ2n) is 5.34. The van der Waals surface area contributed by atoms with E-state index in [0.717, 1.165) is 40.0 Å². The van der Waals surface area contributed by atoms with Crippen molar-refractivity contribution in [3.8, 4) is 17.1 Å². The topological polar surface area (TPSA) is 65.7 Å². The Bertz CT molecular complexity index is 855. The maximum Gasteiger partial charge on any atom is 0.171 e. The Morgan fingerprint density at radius 3 is 2.86 bits per heavy atom. The molecule has 22 heavy (non-hydrogen) atoms. The number of hydrogen-bond acceptors (Lipinski definition) is 5. The first-order valence-electron chi connectivity index (χ1n) is 7.16. The summed E-state index contributed by atoms with van der Waals surface area (Å²) in [5, 5.41) is 8.60. The van der Waals surface area contributed by atoms with E-state index in [9.17, 15) is 0 Å². The molecule has 0 spiro atoms. The summed E-state index contributed by atoms with van der Waals surface area (Å²) in [7, 11) is 0. The molecule has 3 aromatic rings. The molecule has 0 atom stereocenters. The first-order valence-corrected chi connectivity index (χ1v) is 7.16. The normalized spacial score (nSPS) is 13.0. The number of ether oxygens (including phenoxy) is 1. The highest BCUT2D eigenvalue weighted by atomic mass is 16.5. The van der Waals surface area contributed by atoms with Gasteiger partial charge in [-0.25, -0.2) is 9.97 Å². The molecule has 0 bridgehead atoms. The molecule has 0 saturated heterocycles. The summed E-state index contributed by atoms with van der Waals surface area (Å²) in [6.07, 6.45) is 1.81. The molecule has 0 aliphatic carbocycles. The quantitative estimate of drug-likeness (QED) is 0.688. The summed E-state index contributed by atoms with van der Waals surface area (Å²) >= 11 is 0.